The summed E-state index contributed by atoms with van der Waals surface area (Å²) in [5.41, 5.74) is 1.27. The quantitative estimate of drug-likeness (QED) is 0.867. The van der Waals surface area contributed by atoms with Crippen molar-refractivity contribution in [3.63, 3.8) is 0 Å². The average Bonchev–Trinajstić information content (AvgIpc) is 3.04. The standard InChI is InChI=1S/C15H21NO2/c1-16-15(14-6-3-9-17-14)11-4-2-5-13(10-11)18-12-7-8-12/h2,4-5,10,12,14-16H,3,6-9H2,1H3. The van der Waals surface area contributed by atoms with E-state index in [2.05, 4.69) is 23.5 Å². The van der Waals surface area contributed by atoms with Crippen molar-refractivity contribution in [2.75, 3.05) is 13.7 Å². The third-order valence-electron chi connectivity index (χ3n) is 3.69. The van der Waals surface area contributed by atoms with E-state index in [1.807, 2.05) is 13.1 Å². The van der Waals surface area contributed by atoms with Crippen molar-refractivity contribution in [2.24, 2.45) is 0 Å². The molecule has 0 aromatic heterocycles. The fourth-order valence-corrected chi connectivity index (χ4v) is 2.59. The summed E-state index contributed by atoms with van der Waals surface area (Å²) in [6, 6.07) is 8.70. The first-order valence-corrected chi connectivity index (χ1v) is 6.92. The van der Waals surface area contributed by atoms with Gasteiger partial charge in [0.25, 0.3) is 0 Å². The smallest absolute Gasteiger partial charge is 0.120 e. The third kappa shape index (κ3) is 2.68. The third-order valence-corrected chi connectivity index (χ3v) is 3.69. The Morgan fingerprint density at radius 3 is 2.89 bits per heavy atom. The molecule has 2 fully saturated rings. The molecule has 18 heavy (non-hydrogen) atoms. The van der Waals surface area contributed by atoms with Crippen LogP contribution in [0.15, 0.2) is 24.3 Å². The molecule has 1 aliphatic heterocycles. The molecule has 0 amide bonds. The maximum atomic E-state index is 5.85. The van der Waals surface area contributed by atoms with Crippen LogP contribution in [-0.4, -0.2) is 25.9 Å². The molecule has 2 aliphatic rings. The molecule has 2 unspecified atom stereocenters. The predicted molar refractivity (Wildman–Crippen MR) is 70.9 cm³/mol. The number of hydrogen-bond acceptors (Lipinski definition) is 3. The molecule has 0 spiro atoms. The Morgan fingerprint density at radius 2 is 2.22 bits per heavy atom. The summed E-state index contributed by atoms with van der Waals surface area (Å²) in [6.45, 7) is 0.890. The molecule has 98 valence electrons. The molecule has 1 aliphatic carbocycles. The van der Waals surface area contributed by atoms with Gasteiger partial charge in [0.15, 0.2) is 0 Å². The summed E-state index contributed by atoms with van der Waals surface area (Å²) < 4.78 is 11.6. The Labute approximate surface area is 108 Å². The van der Waals surface area contributed by atoms with Crippen LogP contribution in [0.25, 0.3) is 0 Å². The van der Waals surface area contributed by atoms with E-state index in [9.17, 15) is 0 Å². The largest absolute Gasteiger partial charge is 0.490 e. The van der Waals surface area contributed by atoms with Crippen molar-refractivity contribution in [1.29, 1.82) is 0 Å². The van der Waals surface area contributed by atoms with E-state index in [4.69, 9.17) is 9.47 Å². The molecular formula is C15H21NO2. The fourth-order valence-electron chi connectivity index (χ4n) is 2.59. The average molecular weight is 247 g/mol. The summed E-state index contributed by atoms with van der Waals surface area (Å²) in [5.74, 6) is 0.994. The van der Waals surface area contributed by atoms with Gasteiger partial charge in [0.1, 0.15) is 5.75 Å². The Hall–Kier alpha value is -1.06. The van der Waals surface area contributed by atoms with E-state index in [1.165, 1.54) is 24.8 Å². The zero-order valence-electron chi connectivity index (χ0n) is 10.9. The first-order chi connectivity index (χ1) is 8.86. The molecule has 1 heterocycles. The van der Waals surface area contributed by atoms with E-state index in [0.29, 0.717) is 12.2 Å². The molecule has 1 aromatic rings. The SMILES string of the molecule is CNC(c1cccc(OC2CC2)c1)C1CCCO1. The van der Waals surface area contributed by atoms with Gasteiger partial charge in [-0.05, 0) is 50.4 Å². The first kappa shape index (κ1) is 12.0. The van der Waals surface area contributed by atoms with Crippen molar-refractivity contribution in [3.05, 3.63) is 29.8 Å². The fraction of sp³-hybridized carbons (Fsp3) is 0.600. The first-order valence-electron chi connectivity index (χ1n) is 6.92. The van der Waals surface area contributed by atoms with E-state index in [0.717, 1.165) is 18.8 Å². The van der Waals surface area contributed by atoms with Crippen LogP contribution in [0.5, 0.6) is 5.75 Å². The second-order valence-electron chi connectivity index (χ2n) is 5.21. The molecule has 2 atom stereocenters. The van der Waals surface area contributed by atoms with Gasteiger partial charge in [-0.3, -0.25) is 0 Å². The number of benzene rings is 1. The monoisotopic (exact) mass is 247 g/mol. The van der Waals surface area contributed by atoms with Crippen LogP contribution >= 0.6 is 0 Å². The van der Waals surface area contributed by atoms with Gasteiger partial charge in [0.2, 0.25) is 0 Å². The van der Waals surface area contributed by atoms with Gasteiger partial charge in [-0.25, -0.2) is 0 Å². The van der Waals surface area contributed by atoms with Crippen LogP contribution in [0.1, 0.15) is 37.3 Å². The molecule has 3 rings (SSSR count). The zero-order chi connectivity index (χ0) is 12.4. The molecule has 1 saturated carbocycles. The molecular weight excluding hydrogens is 226 g/mol. The molecule has 3 nitrogen and oxygen atoms in total. The van der Waals surface area contributed by atoms with Crippen LogP contribution < -0.4 is 10.1 Å². The topological polar surface area (TPSA) is 30.5 Å². The molecule has 0 radical (unpaired) electrons. The Morgan fingerprint density at radius 1 is 1.33 bits per heavy atom. The van der Waals surface area contributed by atoms with E-state index in [-0.39, 0.29) is 6.04 Å². The van der Waals surface area contributed by atoms with Crippen molar-refractivity contribution < 1.29 is 9.47 Å². The van der Waals surface area contributed by atoms with E-state index in [1.54, 1.807) is 0 Å². The minimum atomic E-state index is 0.273. The van der Waals surface area contributed by atoms with Gasteiger partial charge in [0, 0.05) is 6.61 Å². The molecule has 1 aromatic carbocycles. The van der Waals surface area contributed by atoms with Gasteiger partial charge in [-0.15, -0.1) is 0 Å². The predicted octanol–water partition coefficient (Wildman–Crippen LogP) is 2.67. The summed E-state index contributed by atoms with van der Waals surface area (Å²) >= 11 is 0. The summed E-state index contributed by atoms with van der Waals surface area (Å²) in [6.07, 6.45) is 5.46. The minimum absolute atomic E-state index is 0.273. The summed E-state index contributed by atoms with van der Waals surface area (Å²) in [7, 11) is 2.00. The van der Waals surface area contributed by atoms with Crippen molar-refractivity contribution in [1.82, 2.24) is 5.32 Å². The van der Waals surface area contributed by atoms with E-state index >= 15 is 0 Å². The lowest BCUT2D eigenvalue weighted by atomic mass is 9.99. The molecule has 3 heteroatoms. The lowest BCUT2D eigenvalue weighted by molar-refractivity contribution is 0.0807. The van der Waals surface area contributed by atoms with Crippen LogP contribution in [0.2, 0.25) is 0 Å². The highest BCUT2D eigenvalue weighted by molar-refractivity contribution is 5.31. The van der Waals surface area contributed by atoms with Crippen LogP contribution in [0, 0.1) is 0 Å². The molecule has 1 saturated heterocycles. The number of likely N-dealkylation sites (N-methyl/N-ethyl adjacent to an activating group) is 1. The highest BCUT2D eigenvalue weighted by atomic mass is 16.5. The Kier molecular flexibility index (Phi) is 3.52. The van der Waals surface area contributed by atoms with Gasteiger partial charge in [0.05, 0.1) is 18.2 Å². The van der Waals surface area contributed by atoms with Gasteiger partial charge >= 0.3 is 0 Å². The van der Waals surface area contributed by atoms with Crippen molar-refractivity contribution >= 4 is 0 Å². The Bertz CT molecular complexity index is 397. The lowest BCUT2D eigenvalue weighted by Gasteiger charge is -2.23. The van der Waals surface area contributed by atoms with Crippen molar-refractivity contribution in [2.45, 2.75) is 43.9 Å². The number of hydrogen-bond donors (Lipinski definition) is 1. The number of ether oxygens (including phenoxy) is 2. The van der Waals surface area contributed by atoms with E-state index < -0.39 is 0 Å². The zero-order valence-corrected chi connectivity index (χ0v) is 10.9. The lowest BCUT2D eigenvalue weighted by Crippen LogP contribution is -2.28. The highest BCUT2D eigenvalue weighted by Gasteiger charge is 2.27. The minimum Gasteiger partial charge on any atom is -0.490 e. The van der Waals surface area contributed by atoms with Gasteiger partial charge in [-0.1, -0.05) is 12.1 Å². The normalized spacial score (nSPS) is 25.1. The summed E-state index contributed by atoms with van der Waals surface area (Å²) in [4.78, 5) is 0. The van der Waals surface area contributed by atoms with Crippen LogP contribution in [-0.2, 0) is 4.74 Å². The second-order valence-corrected chi connectivity index (χ2v) is 5.21. The summed E-state index contributed by atoms with van der Waals surface area (Å²) in [5, 5.41) is 3.38. The Balaban J connectivity index is 1.75. The highest BCUT2D eigenvalue weighted by Crippen LogP contribution is 2.31. The maximum Gasteiger partial charge on any atom is 0.120 e. The van der Waals surface area contributed by atoms with Crippen molar-refractivity contribution in [3.8, 4) is 5.75 Å². The maximum absolute atomic E-state index is 5.85. The van der Waals surface area contributed by atoms with Crippen LogP contribution in [0.3, 0.4) is 0 Å². The number of rotatable bonds is 5. The van der Waals surface area contributed by atoms with Crippen LogP contribution in [0.4, 0.5) is 0 Å². The molecule has 1 N–H and O–H groups in total. The van der Waals surface area contributed by atoms with Gasteiger partial charge in [-0.2, -0.15) is 0 Å². The molecule has 0 bridgehead atoms. The van der Waals surface area contributed by atoms with Gasteiger partial charge < -0.3 is 14.8 Å². The second kappa shape index (κ2) is 5.29. The number of nitrogens with one attached hydrogen (secondary N) is 1.